The topological polar surface area (TPSA) is 60.9 Å². The molecule has 1 atom stereocenters. The lowest BCUT2D eigenvalue weighted by Crippen LogP contribution is -2.50. The molecular formula is C19H22N2O4S. The maximum absolute atomic E-state index is 13.1. The second-order valence-corrected chi connectivity index (χ2v) is 7.30. The molecule has 3 heterocycles. The van der Waals surface area contributed by atoms with Gasteiger partial charge in [-0.2, -0.15) is 0 Å². The number of carbonyl (C=O) groups is 1. The molecule has 0 aliphatic carbocycles. The normalized spacial score (nSPS) is 21.1. The highest BCUT2D eigenvalue weighted by Crippen LogP contribution is 2.29. The Labute approximate surface area is 156 Å². The molecule has 1 unspecified atom stereocenters. The first kappa shape index (κ1) is 17.5. The van der Waals surface area contributed by atoms with Gasteiger partial charge < -0.3 is 19.1 Å². The monoisotopic (exact) mass is 374 g/mol. The van der Waals surface area contributed by atoms with Crippen molar-refractivity contribution in [3.8, 4) is 16.3 Å². The predicted molar refractivity (Wildman–Crippen MR) is 98.5 cm³/mol. The Hall–Kier alpha value is -1.96. The molecular weight excluding hydrogens is 352 g/mol. The highest BCUT2D eigenvalue weighted by Gasteiger charge is 2.37. The van der Waals surface area contributed by atoms with Gasteiger partial charge in [0.25, 0.3) is 5.91 Å². The number of nitrogens with zero attached hydrogens (tertiary/aromatic N) is 2. The van der Waals surface area contributed by atoms with E-state index in [9.17, 15) is 4.79 Å². The van der Waals surface area contributed by atoms with Crippen molar-refractivity contribution >= 4 is 17.2 Å². The van der Waals surface area contributed by atoms with Gasteiger partial charge in [-0.05, 0) is 43.5 Å². The van der Waals surface area contributed by atoms with Crippen molar-refractivity contribution in [1.29, 1.82) is 0 Å². The fourth-order valence-electron chi connectivity index (χ4n) is 3.48. The minimum atomic E-state index is -0.307. The lowest BCUT2D eigenvalue weighted by molar-refractivity contribution is -0.100. The molecule has 7 heteroatoms. The Balaban J connectivity index is 1.52. The minimum absolute atomic E-state index is 0.0233. The Morgan fingerprint density at radius 1 is 1.23 bits per heavy atom. The molecule has 0 bridgehead atoms. The zero-order valence-corrected chi connectivity index (χ0v) is 15.5. The van der Waals surface area contributed by atoms with E-state index < -0.39 is 0 Å². The van der Waals surface area contributed by atoms with Crippen molar-refractivity contribution in [2.24, 2.45) is 0 Å². The van der Waals surface area contributed by atoms with Crippen LogP contribution in [0.25, 0.3) is 10.6 Å². The van der Waals surface area contributed by atoms with E-state index in [1.54, 1.807) is 7.11 Å². The van der Waals surface area contributed by atoms with Gasteiger partial charge in [0.05, 0.1) is 26.4 Å². The van der Waals surface area contributed by atoms with E-state index in [-0.39, 0.29) is 18.2 Å². The third-order valence-electron chi connectivity index (χ3n) is 4.83. The number of likely N-dealkylation sites (tertiary alicyclic amines) is 1. The maximum atomic E-state index is 13.1. The van der Waals surface area contributed by atoms with Crippen molar-refractivity contribution in [2.45, 2.75) is 31.6 Å². The van der Waals surface area contributed by atoms with Crippen LogP contribution in [0, 0.1) is 0 Å². The highest BCUT2D eigenvalue weighted by atomic mass is 32.1. The summed E-state index contributed by atoms with van der Waals surface area (Å²) in [5.74, 6) is 0.763. The van der Waals surface area contributed by atoms with E-state index in [1.165, 1.54) is 11.3 Å². The van der Waals surface area contributed by atoms with Crippen molar-refractivity contribution in [2.75, 3.05) is 26.9 Å². The van der Waals surface area contributed by atoms with E-state index in [1.807, 2.05) is 34.5 Å². The molecule has 1 amide bonds. The maximum Gasteiger partial charge on any atom is 0.273 e. The van der Waals surface area contributed by atoms with Crippen LogP contribution in [0.5, 0.6) is 5.75 Å². The van der Waals surface area contributed by atoms with Crippen molar-refractivity contribution in [3.63, 3.8) is 0 Å². The summed E-state index contributed by atoms with van der Waals surface area (Å²) in [7, 11) is 1.64. The van der Waals surface area contributed by atoms with Crippen LogP contribution in [0.1, 0.15) is 29.8 Å². The first-order valence-electron chi connectivity index (χ1n) is 8.90. The van der Waals surface area contributed by atoms with Crippen LogP contribution in [0.4, 0.5) is 0 Å². The molecule has 26 heavy (non-hydrogen) atoms. The molecule has 4 rings (SSSR count). The summed E-state index contributed by atoms with van der Waals surface area (Å²) in [5, 5.41) is 2.67. The van der Waals surface area contributed by atoms with Crippen molar-refractivity contribution in [3.05, 3.63) is 35.3 Å². The van der Waals surface area contributed by atoms with Crippen molar-refractivity contribution < 1.29 is 19.0 Å². The number of benzene rings is 1. The Bertz CT molecular complexity index is 755. The van der Waals surface area contributed by atoms with Crippen LogP contribution in [0.15, 0.2) is 29.6 Å². The van der Waals surface area contributed by atoms with Crippen LogP contribution in [0.3, 0.4) is 0 Å². The Kier molecular flexibility index (Phi) is 5.19. The third-order valence-corrected chi connectivity index (χ3v) is 5.72. The number of methoxy groups -OCH3 is 1. The fourth-order valence-corrected chi connectivity index (χ4v) is 4.28. The van der Waals surface area contributed by atoms with Gasteiger partial charge >= 0.3 is 0 Å². The standard InChI is InChI=1S/C19H22N2O4S/c1-23-14-7-5-13(6-8-14)17-20-15(12-26-17)18(22)21-9-3-2-4-16(21)19-24-10-11-25-19/h5-8,12,16,19H,2-4,9-11H2,1H3. The molecule has 1 aromatic heterocycles. The fraction of sp³-hybridized carbons (Fsp3) is 0.474. The number of rotatable bonds is 4. The smallest absolute Gasteiger partial charge is 0.273 e. The molecule has 2 aromatic rings. The number of hydrogen-bond donors (Lipinski definition) is 0. The van der Waals surface area contributed by atoms with E-state index >= 15 is 0 Å². The highest BCUT2D eigenvalue weighted by molar-refractivity contribution is 7.13. The summed E-state index contributed by atoms with van der Waals surface area (Å²) in [6, 6.07) is 7.68. The van der Waals surface area contributed by atoms with Gasteiger partial charge in [0.15, 0.2) is 6.29 Å². The number of hydrogen-bond acceptors (Lipinski definition) is 6. The molecule has 0 saturated carbocycles. The second kappa shape index (κ2) is 7.73. The summed E-state index contributed by atoms with van der Waals surface area (Å²) in [6.45, 7) is 1.92. The number of piperidine rings is 1. The molecule has 1 aromatic carbocycles. The number of thiazole rings is 1. The average molecular weight is 374 g/mol. The average Bonchev–Trinajstić information content (AvgIpc) is 3.40. The molecule has 0 radical (unpaired) electrons. The lowest BCUT2D eigenvalue weighted by atomic mass is 10.0. The van der Waals surface area contributed by atoms with Gasteiger partial charge in [-0.1, -0.05) is 0 Å². The quantitative estimate of drug-likeness (QED) is 0.823. The molecule has 0 N–H and O–H groups in total. The predicted octanol–water partition coefficient (Wildman–Crippen LogP) is 3.19. The lowest BCUT2D eigenvalue weighted by Gasteiger charge is -2.37. The molecule has 2 fully saturated rings. The van der Waals surface area contributed by atoms with Crippen molar-refractivity contribution in [1.82, 2.24) is 9.88 Å². The summed E-state index contributed by atoms with van der Waals surface area (Å²) >= 11 is 1.48. The zero-order valence-electron chi connectivity index (χ0n) is 14.7. The summed E-state index contributed by atoms with van der Waals surface area (Å²) in [6.07, 6.45) is 2.70. The van der Waals surface area contributed by atoms with E-state index in [4.69, 9.17) is 14.2 Å². The number of amides is 1. The van der Waals surface area contributed by atoms with E-state index in [2.05, 4.69) is 4.98 Å². The number of aromatic nitrogens is 1. The van der Waals surface area contributed by atoms with Crippen LogP contribution in [-0.4, -0.2) is 55.0 Å². The van der Waals surface area contributed by atoms with Gasteiger partial charge in [-0.15, -0.1) is 11.3 Å². The SMILES string of the molecule is COc1ccc(-c2nc(C(=O)N3CCCCC3C3OCCO3)cs2)cc1. The molecule has 138 valence electrons. The van der Waals surface area contributed by atoms with Gasteiger partial charge in [-0.25, -0.2) is 4.98 Å². The first-order valence-corrected chi connectivity index (χ1v) is 9.78. The Morgan fingerprint density at radius 2 is 2.00 bits per heavy atom. The number of carbonyl (C=O) groups excluding carboxylic acids is 1. The van der Waals surface area contributed by atoms with Gasteiger partial charge in [0.2, 0.25) is 0 Å². The summed E-state index contributed by atoms with van der Waals surface area (Å²) in [5.41, 5.74) is 1.47. The second-order valence-electron chi connectivity index (χ2n) is 6.44. The van der Waals surface area contributed by atoms with E-state index in [0.29, 0.717) is 18.9 Å². The molecule has 2 saturated heterocycles. The van der Waals surface area contributed by atoms with Crippen LogP contribution >= 0.6 is 11.3 Å². The van der Waals surface area contributed by atoms with Crippen LogP contribution < -0.4 is 4.74 Å². The Morgan fingerprint density at radius 3 is 2.73 bits per heavy atom. The number of ether oxygens (including phenoxy) is 3. The van der Waals surface area contributed by atoms with Crippen LogP contribution in [-0.2, 0) is 9.47 Å². The molecule has 6 nitrogen and oxygen atoms in total. The zero-order chi connectivity index (χ0) is 17.9. The third kappa shape index (κ3) is 3.47. The van der Waals surface area contributed by atoms with Gasteiger partial charge in [0, 0.05) is 17.5 Å². The molecule has 2 aliphatic rings. The van der Waals surface area contributed by atoms with E-state index in [0.717, 1.165) is 42.1 Å². The first-order chi connectivity index (χ1) is 12.8. The summed E-state index contributed by atoms with van der Waals surface area (Å²) in [4.78, 5) is 19.5. The summed E-state index contributed by atoms with van der Waals surface area (Å²) < 4.78 is 16.5. The van der Waals surface area contributed by atoms with Crippen LogP contribution in [0.2, 0.25) is 0 Å². The van der Waals surface area contributed by atoms with Gasteiger partial charge in [0.1, 0.15) is 16.5 Å². The minimum Gasteiger partial charge on any atom is -0.497 e. The molecule has 2 aliphatic heterocycles. The largest absolute Gasteiger partial charge is 0.497 e. The van der Waals surface area contributed by atoms with Gasteiger partial charge in [-0.3, -0.25) is 4.79 Å². The molecule has 0 spiro atoms.